The Morgan fingerprint density at radius 3 is 2.17 bits per heavy atom. The number of nitrogens with two attached hydrogens (primary N) is 1. The molecular formula is C14H14F4N2O3. The van der Waals surface area contributed by atoms with Crippen LogP contribution in [0.5, 0.6) is 0 Å². The van der Waals surface area contributed by atoms with Crippen molar-refractivity contribution in [2.24, 2.45) is 17.6 Å². The Morgan fingerprint density at radius 1 is 1.22 bits per heavy atom. The average Bonchev–Trinajstić information content (AvgIpc) is 2.86. The molecule has 0 spiro atoms. The summed E-state index contributed by atoms with van der Waals surface area (Å²) in [6.07, 6.45) is -4.71. The van der Waals surface area contributed by atoms with E-state index in [9.17, 15) is 27.2 Å². The Kier molecular flexibility index (Phi) is 4.60. The highest BCUT2D eigenvalue weighted by Gasteiger charge is 2.54. The highest BCUT2D eigenvalue weighted by atomic mass is 19.4. The number of benzene rings is 1. The van der Waals surface area contributed by atoms with Gasteiger partial charge in [-0.25, -0.2) is 4.39 Å². The zero-order chi connectivity index (χ0) is 17.4. The topological polar surface area (TPSA) is 83.6 Å². The summed E-state index contributed by atoms with van der Waals surface area (Å²) in [7, 11) is 0. The van der Waals surface area contributed by atoms with Crippen LogP contribution < -0.4 is 5.73 Å². The smallest absolute Gasteiger partial charge is 0.393 e. The Morgan fingerprint density at radius 2 is 1.78 bits per heavy atom. The van der Waals surface area contributed by atoms with Gasteiger partial charge in [-0.2, -0.15) is 13.2 Å². The standard InChI is InChI=1S/C14H14F4N2O3/c15-8-3-1-7(2-4-8)11(12(19)21)20-5-9(13(22)23)10(6-20)14(16,17)18/h1-4,9-11H,5-6H2,(H2,19,21)(H,22,23)/t9-,10-,11?/m1/s1. The van der Waals surface area contributed by atoms with E-state index in [1.165, 1.54) is 12.1 Å². The van der Waals surface area contributed by atoms with Crippen LogP contribution in [-0.2, 0) is 9.59 Å². The van der Waals surface area contributed by atoms with Gasteiger partial charge >= 0.3 is 12.1 Å². The molecule has 0 aliphatic carbocycles. The number of primary amides is 1. The number of likely N-dealkylation sites (tertiary alicyclic amines) is 1. The van der Waals surface area contributed by atoms with Gasteiger partial charge in [0.1, 0.15) is 11.9 Å². The first-order valence-corrected chi connectivity index (χ1v) is 6.69. The number of alkyl halides is 3. The molecule has 5 nitrogen and oxygen atoms in total. The lowest BCUT2D eigenvalue weighted by Crippen LogP contribution is -2.37. The van der Waals surface area contributed by atoms with Gasteiger partial charge in [-0.3, -0.25) is 14.5 Å². The largest absolute Gasteiger partial charge is 0.481 e. The zero-order valence-electron chi connectivity index (χ0n) is 11.8. The molecule has 0 saturated carbocycles. The molecule has 0 radical (unpaired) electrons. The Labute approximate surface area is 128 Å². The Bertz CT molecular complexity index is 603. The van der Waals surface area contributed by atoms with Crippen LogP contribution in [-0.4, -0.2) is 41.1 Å². The molecule has 1 saturated heterocycles. The molecular weight excluding hydrogens is 320 g/mol. The number of aliphatic carboxylic acids is 1. The number of hydrogen-bond acceptors (Lipinski definition) is 3. The van der Waals surface area contributed by atoms with Crippen molar-refractivity contribution in [2.75, 3.05) is 13.1 Å². The average molecular weight is 334 g/mol. The van der Waals surface area contributed by atoms with Gasteiger partial charge in [0.05, 0.1) is 11.8 Å². The third kappa shape index (κ3) is 3.61. The van der Waals surface area contributed by atoms with E-state index in [4.69, 9.17) is 10.8 Å². The number of hydrogen-bond donors (Lipinski definition) is 2. The van der Waals surface area contributed by atoms with Crippen LogP contribution >= 0.6 is 0 Å². The van der Waals surface area contributed by atoms with Crippen molar-refractivity contribution in [1.82, 2.24) is 4.90 Å². The quantitative estimate of drug-likeness (QED) is 0.819. The lowest BCUT2D eigenvalue weighted by Gasteiger charge is -2.25. The summed E-state index contributed by atoms with van der Waals surface area (Å²) in [6, 6.07) is 3.34. The van der Waals surface area contributed by atoms with Crippen LogP contribution in [0.4, 0.5) is 17.6 Å². The normalized spacial score (nSPS) is 23.7. The number of carboxylic acids is 1. The van der Waals surface area contributed by atoms with Crippen molar-refractivity contribution in [3.05, 3.63) is 35.6 Å². The molecule has 3 N–H and O–H groups in total. The third-order valence-corrected chi connectivity index (χ3v) is 3.91. The Balaban J connectivity index is 2.32. The molecule has 1 heterocycles. The van der Waals surface area contributed by atoms with Crippen molar-refractivity contribution in [1.29, 1.82) is 0 Å². The molecule has 1 unspecified atom stereocenters. The number of amides is 1. The molecule has 0 aromatic heterocycles. The van der Waals surface area contributed by atoms with Crippen molar-refractivity contribution >= 4 is 11.9 Å². The predicted molar refractivity (Wildman–Crippen MR) is 70.6 cm³/mol. The first-order chi connectivity index (χ1) is 10.6. The number of carbonyl (C=O) groups is 2. The van der Waals surface area contributed by atoms with Gasteiger partial charge in [0.2, 0.25) is 5.91 Å². The lowest BCUT2D eigenvalue weighted by molar-refractivity contribution is -0.188. The van der Waals surface area contributed by atoms with Crippen molar-refractivity contribution in [3.63, 3.8) is 0 Å². The second kappa shape index (κ2) is 6.15. The summed E-state index contributed by atoms with van der Waals surface area (Å²) in [6.45, 7) is -1.13. The van der Waals surface area contributed by atoms with E-state index < -0.39 is 54.8 Å². The zero-order valence-corrected chi connectivity index (χ0v) is 11.8. The minimum absolute atomic E-state index is 0.214. The maximum absolute atomic E-state index is 13.0. The van der Waals surface area contributed by atoms with Gasteiger partial charge in [0, 0.05) is 13.1 Å². The van der Waals surface area contributed by atoms with E-state index >= 15 is 0 Å². The van der Waals surface area contributed by atoms with E-state index in [0.717, 1.165) is 17.0 Å². The van der Waals surface area contributed by atoms with Crippen LogP contribution in [0.1, 0.15) is 11.6 Å². The van der Waals surface area contributed by atoms with E-state index in [1.807, 2.05) is 0 Å². The minimum Gasteiger partial charge on any atom is -0.481 e. The van der Waals surface area contributed by atoms with Crippen LogP contribution in [0, 0.1) is 17.7 Å². The fourth-order valence-corrected chi connectivity index (χ4v) is 2.83. The Hall–Kier alpha value is -2.16. The summed E-state index contributed by atoms with van der Waals surface area (Å²) in [4.78, 5) is 23.8. The number of nitrogens with zero attached hydrogens (tertiary/aromatic N) is 1. The van der Waals surface area contributed by atoms with Crippen molar-refractivity contribution in [3.8, 4) is 0 Å². The summed E-state index contributed by atoms with van der Waals surface area (Å²) in [5, 5.41) is 9.00. The fourth-order valence-electron chi connectivity index (χ4n) is 2.83. The van der Waals surface area contributed by atoms with Crippen molar-refractivity contribution < 1.29 is 32.3 Å². The molecule has 9 heteroatoms. The summed E-state index contributed by atoms with van der Waals surface area (Å²) in [5.41, 5.74) is 5.47. The maximum atomic E-state index is 13.0. The van der Waals surface area contributed by atoms with Gasteiger partial charge in [-0.15, -0.1) is 0 Å². The second-order valence-electron chi connectivity index (χ2n) is 5.40. The highest BCUT2D eigenvalue weighted by molar-refractivity contribution is 5.81. The van der Waals surface area contributed by atoms with Crippen molar-refractivity contribution in [2.45, 2.75) is 12.2 Å². The second-order valence-corrected chi connectivity index (χ2v) is 5.40. The SMILES string of the molecule is NC(=O)C(c1ccc(F)cc1)N1C[C@@H](C(F)(F)F)[C@H](C(=O)O)C1. The van der Waals surface area contributed by atoms with E-state index in [-0.39, 0.29) is 5.56 Å². The van der Waals surface area contributed by atoms with Crippen LogP contribution in [0.15, 0.2) is 24.3 Å². The summed E-state index contributed by atoms with van der Waals surface area (Å²) >= 11 is 0. The molecule has 1 aliphatic heterocycles. The molecule has 1 aromatic carbocycles. The molecule has 1 amide bonds. The van der Waals surface area contributed by atoms with Gasteiger partial charge in [0.15, 0.2) is 0 Å². The first-order valence-electron chi connectivity index (χ1n) is 6.69. The minimum atomic E-state index is -4.71. The van der Waals surface area contributed by atoms with Gasteiger partial charge in [-0.1, -0.05) is 12.1 Å². The van der Waals surface area contributed by atoms with Crippen LogP contribution in [0.25, 0.3) is 0 Å². The highest BCUT2D eigenvalue weighted by Crippen LogP contribution is 2.40. The molecule has 0 bridgehead atoms. The fraction of sp³-hybridized carbons (Fsp3) is 0.429. The monoisotopic (exact) mass is 334 g/mol. The maximum Gasteiger partial charge on any atom is 0.393 e. The summed E-state index contributed by atoms with van der Waals surface area (Å²) < 4.78 is 52.0. The van der Waals surface area contributed by atoms with Crippen LogP contribution in [0.3, 0.4) is 0 Å². The molecule has 1 fully saturated rings. The number of rotatable bonds is 4. The molecule has 23 heavy (non-hydrogen) atoms. The molecule has 1 aromatic rings. The van der Waals surface area contributed by atoms with E-state index in [1.54, 1.807) is 0 Å². The molecule has 1 aliphatic rings. The predicted octanol–water partition coefficient (Wildman–Crippen LogP) is 1.55. The summed E-state index contributed by atoms with van der Waals surface area (Å²) in [5.74, 6) is -6.87. The molecule has 2 rings (SSSR count). The van der Waals surface area contributed by atoms with Gasteiger partial charge in [-0.05, 0) is 17.7 Å². The third-order valence-electron chi connectivity index (χ3n) is 3.91. The van der Waals surface area contributed by atoms with E-state index in [0.29, 0.717) is 0 Å². The van der Waals surface area contributed by atoms with Gasteiger partial charge < -0.3 is 10.8 Å². The van der Waals surface area contributed by atoms with Crippen LogP contribution in [0.2, 0.25) is 0 Å². The number of carbonyl (C=O) groups excluding carboxylic acids is 1. The molecule has 126 valence electrons. The number of carboxylic acid groups (broad SMARTS) is 1. The lowest BCUT2D eigenvalue weighted by atomic mass is 9.96. The number of halogens is 4. The van der Waals surface area contributed by atoms with E-state index in [2.05, 4.69) is 0 Å². The molecule has 3 atom stereocenters. The van der Waals surface area contributed by atoms with Gasteiger partial charge in [0.25, 0.3) is 0 Å². The first kappa shape index (κ1) is 17.2.